The van der Waals surface area contributed by atoms with Crippen molar-refractivity contribution in [2.24, 2.45) is 5.92 Å². The van der Waals surface area contributed by atoms with E-state index in [2.05, 4.69) is 17.9 Å². The zero-order valence-electron chi connectivity index (χ0n) is 11.6. The minimum absolute atomic E-state index is 0.120. The molecule has 0 radical (unpaired) electrons. The minimum atomic E-state index is -0.820. The lowest BCUT2D eigenvalue weighted by molar-refractivity contribution is -0.146. The maximum Gasteiger partial charge on any atom is 0.333 e. The summed E-state index contributed by atoms with van der Waals surface area (Å²) in [6.45, 7) is 9.50. The van der Waals surface area contributed by atoms with Gasteiger partial charge in [-0.2, -0.15) is 11.8 Å². The van der Waals surface area contributed by atoms with Crippen molar-refractivity contribution in [3.05, 3.63) is 24.7 Å². The number of aliphatic hydroxyl groups excluding tert-OH is 2. The van der Waals surface area contributed by atoms with E-state index in [1.807, 2.05) is 0 Å². The van der Waals surface area contributed by atoms with Crippen LogP contribution in [0, 0.1) is 5.92 Å². The van der Waals surface area contributed by atoms with E-state index in [1.165, 1.54) is 18.7 Å². The maximum absolute atomic E-state index is 11.3. The Kier molecular flexibility index (Phi) is 8.74. The van der Waals surface area contributed by atoms with Crippen molar-refractivity contribution in [3.8, 4) is 0 Å². The molecule has 2 unspecified atom stereocenters. The Morgan fingerprint density at radius 1 is 1.30 bits per heavy atom. The molecule has 0 aliphatic heterocycles. The molecule has 20 heavy (non-hydrogen) atoms. The highest BCUT2D eigenvalue weighted by atomic mass is 32.2. The molecular weight excluding hydrogens is 284 g/mol. The highest BCUT2D eigenvalue weighted by molar-refractivity contribution is 7.99. The van der Waals surface area contributed by atoms with Crippen LogP contribution in [0.25, 0.3) is 0 Å². The zero-order chi connectivity index (χ0) is 15.7. The van der Waals surface area contributed by atoms with E-state index in [1.54, 1.807) is 6.92 Å². The van der Waals surface area contributed by atoms with Crippen molar-refractivity contribution in [2.45, 2.75) is 20.0 Å². The molecule has 6 nitrogen and oxygen atoms in total. The van der Waals surface area contributed by atoms with Crippen LogP contribution in [0.15, 0.2) is 24.7 Å². The zero-order valence-corrected chi connectivity index (χ0v) is 12.4. The summed E-state index contributed by atoms with van der Waals surface area (Å²) in [5, 5.41) is 18.3. The van der Waals surface area contributed by atoms with Gasteiger partial charge in [0.25, 0.3) is 5.95 Å². The SMILES string of the molecule is C=C(O)OC(=O)C(C)CSCC(O)COC(=O)C(=C)C. The van der Waals surface area contributed by atoms with Crippen molar-refractivity contribution >= 4 is 23.7 Å². The molecule has 0 aromatic rings. The standard InChI is InChI=1S/C13H20O6S/c1-8(2)12(16)18-5-11(15)7-20-6-9(3)13(17)19-10(4)14/h9,11,14-15H,1,4-7H2,2-3H3. The van der Waals surface area contributed by atoms with E-state index in [0.717, 1.165) is 0 Å². The molecule has 0 heterocycles. The molecule has 0 aromatic carbocycles. The number of rotatable bonds is 9. The fourth-order valence-electron chi connectivity index (χ4n) is 1.01. The Morgan fingerprint density at radius 3 is 2.40 bits per heavy atom. The Labute approximate surface area is 122 Å². The van der Waals surface area contributed by atoms with Gasteiger partial charge in [0, 0.05) is 17.1 Å². The summed E-state index contributed by atoms with van der Waals surface area (Å²) in [4.78, 5) is 22.4. The number of aliphatic hydroxyl groups is 2. The van der Waals surface area contributed by atoms with E-state index in [4.69, 9.17) is 9.84 Å². The van der Waals surface area contributed by atoms with Crippen molar-refractivity contribution in [2.75, 3.05) is 18.1 Å². The summed E-state index contributed by atoms with van der Waals surface area (Å²) in [5.41, 5.74) is 0.269. The van der Waals surface area contributed by atoms with E-state index >= 15 is 0 Å². The third-order valence-electron chi connectivity index (χ3n) is 2.05. The van der Waals surface area contributed by atoms with Gasteiger partial charge in [0.05, 0.1) is 12.0 Å². The number of hydrogen-bond acceptors (Lipinski definition) is 7. The predicted octanol–water partition coefficient (Wildman–Crippen LogP) is 1.41. The van der Waals surface area contributed by atoms with E-state index in [0.29, 0.717) is 11.5 Å². The van der Waals surface area contributed by atoms with Gasteiger partial charge in [0.1, 0.15) is 6.61 Å². The van der Waals surface area contributed by atoms with Gasteiger partial charge in [0.15, 0.2) is 0 Å². The Hall–Kier alpha value is -1.47. The van der Waals surface area contributed by atoms with Crippen LogP contribution in [0.4, 0.5) is 0 Å². The molecule has 0 bridgehead atoms. The van der Waals surface area contributed by atoms with Gasteiger partial charge < -0.3 is 19.7 Å². The van der Waals surface area contributed by atoms with E-state index < -0.39 is 29.9 Å². The van der Waals surface area contributed by atoms with Crippen LogP contribution in [-0.4, -0.2) is 46.4 Å². The predicted molar refractivity (Wildman–Crippen MR) is 76.1 cm³/mol. The maximum atomic E-state index is 11.3. The number of esters is 2. The molecule has 7 heteroatoms. The average molecular weight is 304 g/mol. The first kappa shape index (κ1) is 18.5. The Balaban J connectivity index is 3.83. The summed E-state index contributed by atoms with van der Waals surface area (Å²) in [5.74, 6) is -1.52. The van der Waals surface area contributed by atoms with Gasteiger partial charge in [-0.25, -0.2) is 4.79 Å². The Bertz CT molecular complexity index is 379. The molecule has 0 aliphatic carbocycles. The molecule has 2 atom stereocenters. The molecule has 0 aromatic heterocycles. The number of hydrogen-bond donors (Lipinski definition) is 2. The summed E-state index contributed by atoms with van der Waals surface area (Å²) in [6.07, 6.45) is -0.820. The van der Waals surface area contributed by atoms with Gasteiger partial charge in [-0.15, -0.1) is 0 Å². The summed E-state index contributed by atoms with van der Waals surface area (Å²) in [7, 11) is 0. The largest absolute Gasteiger partial charge is 0.481 e. The third kappa shape index (κ3) is 8.60. The van der Waals surface area contributed by atoms with E-state index in [-0.39, 0.29) is 12.2 Å². The van der Waals surface area contributed by atoms with Crippen LogP contribution in [0.2, 0.25) is 0 Å². The lowest BCUT2D eigenvalue weighted by Gasteiger charge is -2.13. The van der Waals surface area contributed by atoms with Crippen molar-refractivity contribution < 1.29 is 29.3 Å². The summed E-state index contributed by atoms with van der Waals surface area (Å²) < 4.78 is 9.23. The second-order valence-corrected chi connectivity index (χ2v) is 5.36. The number of thioether (sulfide) groups is 1. The second-order valence-electron chi connectivity index (χ2n) is 4.29. The van der Waals surface area contributed by atoms with Gasteiger partial charge in [-0.05, 0) is 13.5 Å². The highest BCUT2D eigenvalue weighted by Crippen LogP contribution is 2.12. The molecule has 114 valence electrons. The van der Waals surface area contributed by atoms with Crippen molar-refractivity contribution in [1.82, 2.24) is 0 Å². The first-order valence-corrected chi connectivity index (χ1v) is 7.07. The molecule has 0 amide bonds. The molecule has 0 spiro atoms. The number of carbonyl (C=O) groups excluding carboxylic acids is 2. The van der Waals surface area contributed by atoms with E-state index in [9.17, 15) is 14.7 Å². The van der Waals surface area contributed by atoms with Gasteiger partial charge in [-0.3, -0.25) is 4.79 Å². The normalized spacial score (nSPS) is 13.2. The van der Waals surface area contributed by atoms with Crippen molar-refractivity contribution in [3.63, 3.8) is 0 Å². The molecule has 2 N–H and O–H groups in total. The quantitative estimate of drug-likeness (QED) is 0.378. The molecular formula is C13H20O6S. The lowest BCUT2D eigenvalue weighted by atomic mass is 10.2. The molecule has 0 fully saturated rings. The average Bonchev–Trinajstić information content (AvgIpc) is 2.34. The summed E-state index contributed by atoms with van der Waals surface area (Å²) in [6, 6.07) is 0. The van der Waals surface area contributed by atoms with Crippen molar-refractivity contribution in [1.29, 1.82) is 0 Å². The van der Waals surface area contributed by atoms with Crippen LogP contribution in [0.5, 0.6) is 0 Å². The fraction of sp³-hybridized carbons (Fsp3) is 0.538. The summed E-state index contributed by atoms with van der Waals surface area (Å²) >= 11 is 1.31. The van der Waals surface area contributed by atoms with Gasteiger partial charge in [0.2, 0.25) is 0 Å². The topological polar surface area (TPSA) is 93.1 Å². The fourth-order valence-corrected chi connectivity index (χ4v) is 2.00. The molecule has 0 saturated heterocycles. The monoisotopic (exact) mass is 304 g/mol. The van der Waals surface area contributed by atoms with Gasteiger partial charge >= 0.3 is 11.9 Å². The molecule has 0 aliphatic rings. The smallest absolute Gasteiger partial charge is 0.333 e. The van der Waals surface area contributed by atoms with Crippen LogP contribution in [0.3, 0.4) is 0 Å². The molecule has 0 rings (SSSR count). The van der Waals surface area contributed by atoms with Gasteiger partial charge in [-0.1, -0.05) is 13.5 Å². The first-order valence-electron chi connectivity index (χ1n) is 5.92. The third-order valence-corrected chi connectivity index (χ3v) is 3.41. The molecule has 0 saturated carbocycles. The second kappa shape index (κ2) is 9.44. The number of ether oxygens (including phenoxy) is 2. The minimum Gasteiger partial charge on any atom is -0.481 e. The Morgan fingerprint density at radius 2 is 1.90 bits per heavy atom. The highest BCUT2D eigenvalue weighted by Gasteiger charge is 2.17. The van der Waals surface area contributed by atoms with Crippen LogP contribution in [-0.2, 0) is 19.1 Å². The lowest BCUT2D eigenvalue weighted by Crippen LogP contribution is -2.22. The van der Waals surface area contributed by atoms with Crippen LogP contribution in [0.1, 0.15) is 13.8 Å². The first-order chi connectivity index (χ1) is 9.23. The van der Waals surface area contributed by atoms with Crippen LogP contribution >= 0.6 is 11.8 Å². The van der Waals surface area contributed by atoms with Crippen LogP contribution < -0.4 is 0 Å². The number of carbonyl (C=O) groups is 2.